The van der Waals surface area contributed by atoms with Crippen LogP contribution in [0.4, 0.5) is 0 Å². The molecule has 0 saturated carbocycles. The molecule has 0 atom stereocenters. The van der Waals surface area contributed by atoms with Gasteiger partial charge in [0.15, 0.2) is 0 Å². The Bertz CT molecular complexity index is 449. The van der Waals surface area contributed by atoms with Gasteiger partial charge in [0.05, 0.1) is 25.2 Å². The Balaban J connectivity index is 0.00000264. The van der Waals surface area contributed by atoms with Crippen molar-refractivity contribution >= 4 is 30.3 Å². The molecule has 7 nitrogen and oxygen atoms in total. The molecule has 2 heterocycles. The highest BCUT2D eigenvalue weighted by molar-refractivity contribution is 5.85. The van der Waals surface area contributed by atoms with Crippen molar-refractivity contribution in [2.45, 2.75) is 26.2 Å². The van der Waals surface area contributed by atoms with Crippen molar-refractivity contribution in [3.8, 4) is 0 Å². The van der Waals surface area contributed by atoms with E-state index < -0.39 is 5.97 Å². The lowest BCUT2D eigenvalue weighted by atomic mass is 9.77. The zero-order valence-corrected chi connectivity index (χ0v) is 14.5. The third kappa shape index (κ3) is 4.81. The van der Waals surface area contributed by atoms with E-state index in [0.717, 1.165) is 19.3 Å². The van der Waals surface area contributed by atoms with Gasteiger partial charge in [0.1, 0.15) is 6.54 Å². The van der Waals surface area contributed by atoms with E-state index in [4.69, 9.17) is 9.47 Å². The zero-order chi connectivity index (χ0) is 16.2. The molecule has 2 aliphatic heterocycles. The van der Waals surface area contributed by atoms with Crippen LogP contribution in [0.1, 0.15) is 26.2 Å². The van der Waals surface area contributed by atoms with Gasteiger partial charge in [0, 0.05) is 7.05 Å². The predicted octanol–water partition coefficient (Wildman–Crippen LogP) is 0.459. The highest BCUT2D eigenvalue weighted by atomic mass is 35.5. The Morgan fingerprint density at radius 1 is 1.30 bits per heavy atom. The van der Waals surface area contributed by atoms with Crippen LogP contribution in [0.15, 0.2) is 0 Å². The van der Waals surface area contributed by atoms with Crippen molar-refractivity contribution in [2.75, 3.05) is 46.4 Å². The maximum atomic E-state index is 12.1. The quantitative estimate of drug-likeness (QED) is 0.672. The first-order valence-corrected chi connectivity index (χ1v) is 7.76. The van der Waals surface area contributed by atoms with Gasteiger partial charge < -0.3 is 14.4 Å². The summed E-state index contributed by atoms with van der Waals surface area (Å²) in [5, 5.41) is 0. The highest BCUT2D eigenvalue weighted by Gasteiger charge is 2.46. The van der Waals surface area contributed by atoms with Crippen molar-refractivity contribution in [2.24, 2.45) is 5.41 Å². The summed E-state index contributed by atoms with van der Waals surface area (Å²) in [7, 11) is 1.60. The number of esters is 2. The summed E-state index contributed by atoms with van der Waals surface area (Å²) in [5.74, 6) is -0.597. The van der Waals surface area contributed by atoms with Crippen molar-refractivity contribution in [3.63, 3.8) is 0 Å². The predicted molar refractivity (Wildman–Crippen MR) is 85.2 cm³/mol. The summed E-state index contributed by atoms with van der Waals surface area (Å²) in [6.07, 6.45) is 2.26. The Labute approximate surface area is 142 Å². The van der Waals surface area contributed by atoms with Gasteiger partial charge in [0.2, 0.25) is 5.91 Å². The Morgan fingerprint density at radius 3 is 2.48 bits per heavy atom. The fourth-order valence-corrected chi connectivity index (χ4v) is 2.99. The minimum atomic E-state index is -0.398. The molecular weight excluding hydrogens is 324 g/mol. The van der Waals surface area contributed by atoms with Crippen LogP contribution in [0.5, 0.6) is 0 Å². The molecule has 2 saturated heterocycles. The van der Waals surface area contributed by atoms with Crippen molar-refractivity contribution in [3.05, 3.63) is 0 Å². The van der Waals surface area contributed by atoms with Crippen LogP contribution < -0.4 is 0 Å². The zero-order valence-electron chi connectivity index (χ0n) is 13.7. The maximum Gasteiger partial charge on any atom is 0.325 e. The average Bonchev–Trinajstić information content (AvgIpc) is 2.82. The van der Waals surface area contributed by atoms with E-state index in [1.165, 1.54) is 4.90 Å². The van der Waals surface area contributed by atoms with Gasteiger partial charge in [-0.15, -0.1) is 12.4 Å². The number of piperidine rings is 1. The first-order valence-electron chi connectivity index (χ1n) is 7.76. The van der Waals surface area contributed by atoms with E-state index >= 15 is 0 Å². The molecule has 0 bridgehead atoms. The average molecular weight is 349 g/mol. The normalized spacial score (nSPS) is 19.8. The van der Waals surface area contributed by atoms with Crippen molar-refractivity contribution in [1.29, 1.82) is 0 Å². The Kier molecular flexibility index (Phi) is 7.28. The number of amides is 1. The molecule has 2 aliphatic rings. The molecule has 0 aromatic rings. The molecular formula is C15H25ClN2O5. The number of nitrogens with zero attached hydrogens (tertiary/aromatic N) is 2. The number of hydrogen-bond acceptors (Lipinski definition) is 6. The second-order valence-electron chi connectivity index (χ2n) is 6.00. The van der Waals surface area contributed by atoms with Crippen LogP contribution in [0.25, 0.3) is 0 Å². The highest BCUT2D eigenvalue weighted by Crippen LogP contribution is 2.40. The van der Waals surface area contributed by atoms with Crippen LogP contribution in [0.3, 0.4) is 0 Å². The summed E-state index contributed by atoms with van der Waals surface area (Å²) in [6, 6.07) is 0. The van der Waals surface area contributed by atoms with Crippen molar-refractivity contribution in [1.82, 2.24) is 9.80 Å². The fraction of sp³-hybridized carbons (Fsp3) is 0.800. The van der Waals surface area contributed by atoms with Crippen LogP contribution in [-0.4, -0.2) is 74.1 Å². The van der Waals surface area contributed by atoms with Gasteiger partial charge >= 0.3 is 11.9 Å². The number of carbonyl (C=O) groups is 3. The number of likely N-dealkylation sites (tertiary alicyclic amines) is 1. The lowest BCUT2D eigenvalue weighted by molar-refractivity contribution is -0.150. The molecule has 1 amide bonds. The summed E-state index contributed by atoms with van der Waals surface area (Å²) in [5.41, 5.74) is -0.323. The van der Waals surface area contributed by atoms with Gasteiger partial charge in [-0.2, -0.15) is 0 Å². The fourth-order valence-electron chi connectivity index (χ4n) is 2.99. The molecule has 2 rings (SSSR count). The molecule has 0 N–H and O–H groups in total. The summed E-state index contributed by atoms with van der Waals surface area (Å²) < 4.78 is 9.91. The minimum Gasteiger partial charge on any atom is -0.465 e. The second kappa shape index (κ2) is 8.49. The molecule has 0 aromatic heterocycles. The molecule has 2 fully saturated rings. The number of cyclic esters (lactones) is 1. The summed E-state index contributed by atoms with van der Waals surface area (Å²) in [6.45, 7) is 4.20. The molecule has 8 heteroatoms. The van der Waals surface area contributed by atoms with Gasteiger partial charge in [-0.05, 0) is 39.3 Å². The lowest BCUT2D eigenvalue weighted by Gasteiger charge is -2.36. The Hall–Kier alpha value is -1.34. The van der Waals surface area contributed by atoms with Crippen molar-refractivity contribution < 1.29 is 23.9 Å². The lowest BCUT2D eigenvalue weighted by Crippen LogP contribution is -2.47. The number of carbonyl (C=O) groups excluding carboxylic acids is 3. The van der Waals surface area contributed by atoms with E-state index in [0.29, 0.717) is 26.3 Å². The van der Waals surface area contributed by atoms with Crippen LogP contribution >= 0.6 is 12.4 Å². The number of halogens is 1. The largest absolute Gasteiger partial charge is 0.465 e. The summed E-state index contributed by atoms with van der Waals surface area (Å²) in [4.78, 5) is 38.7. The molecule has 23 heavy (non-hydrogen) atoms. The topological polar surface area (TPSA) is 76.2 Å². The van der Waals surface area contributed by atoms with E-state index in [1.807, 2.05) is 4.90 Å². The SMILES string of the molecule is CCOC(=O)CN(C)C(=O)CN1CCC2(CCOC2=O)CC1.Cl. The first-order chi connectivity index (χ1) is 10.5. The summed E-state index contributed by atoms with van der Waals surface area (Å²) >= 11 is 0. The van der Waals surface area contributed by atoms with E-state index in [2.05, 4.69) is 0 Å². The monoisotopic (exact) mass is 348 g/mol. The molecule has 0 aliphatic carbocycles. The van der Waals surface area contributed by atoms with Gasteiger partial charge in [-0.3, -0.25) is 19.3 Å². The third-order valence-electron chi connectivity index (χ3n) is 4.52. The number of rotatable bonds is 5. The van der Waals surface area contributed by atoms with Gasteiger partial charge in [0.25, 0.3) is 0 Å². The van der Waals surface area contributed by atoms with Gasteiger partial charge in [-0.1, -0.05) is 0 Å². The van der Waals surface area contributed by atoms with E-state index in [9.17, 15) is 14.4 Å². The van der Waals surface area contributed by atoms with E-state index in [-0.39, 0.29) is 42.8 Å². The third-order valence-corrected chi connectivity index (χ3v) is 4.52. The van der Waals surface area contributed by atoms with Crippen LogP contribution in [-0.2, 0) is 23.9 Å². The molecule has 132 valence electrons. The van der Waals surface area contributed by atoms with E-state index in [1.54, 1.807) is 14.0 Å². The maximum absolute atomic E-state index is 12.1. The molecule has 0 radical (unpaired) electrons. The molecule has 0 aromatic carbocycles. The number of likely N-dealkylation sites (N-methyl/N-ethyl adjacent to an activating group) is 1. The smallest absolute Gasteiger partial charge is 0.325 e. The molecule has 0 unspecified atom stereocenters. The second-order valence-corrected chi connectivity index (χ2v) is 6.00. The minimum absolute atomic E-state index is 0. The first kappa shape index (κ1) is 19.7. The standard InChI is InChI=1S/C15H24N2O5.ClH/c1-3-21-13(19)11-16(2)12(18)10-17-7-4-15(5-8-17)6-9-22-14(15)20;/h3-11H2,1-2H3;1H. The molecule has 1 spiro atoms. The van der Waals surface area contributed by atoms with Crippen LogP contribution in [0.2, 0.25) is 0 Å². The van der Waals surface area contributed by atoms with Crippen LogP contribution in [0, 0.1) is 5.41 Å². The number of hydrogen-bond donors (Lipinski definition) is 0. The number of ether oxygens (including phenoxy) is 2. The van der Waals surface area contributed by atoms with Gasteiger partial charge in [-0.25, -0.2) is 0 Å². The Morgan fingerprint density at radius 2 is 1.96 bits per heavy atom.